The molecule has 0 aliphatic heterocycles. The fourth-order valence-electron chi connectivity index (χ4n) is 2.72. The van der Waals surface area contributed by atoms with Crippen LogP contribution in [0.15, 0.2) is 48.0 Å². The first-order chi connectivity index (χ1) is 13.6. The molecule has 1 heterocycles. The van der Waals surface area contributed by atoms with Crippen molar-refractivity contribution in [2.45, 2.75) is 13.8 Å². The van der Waals surface area contributed by atoms with Gasteiger partial charge in [0.2, 0.25) is 0 Å². The molecule has 0 radical (unpaired) electrons. The van der Waals surface area contributed by atoms with Gasteiger partial charge in [0.1, 0.15) is 16.6 Å². The van der Waals surface area contributed by atoms with Crippen LogP contribution in [-0.2, 0) is 0 Å². The Kier molecular flexibility index (Phi) is 5.97. The summed E-state index contributed by atoms with van der Waals surface area (Å²) in [6, 6.07) is 13.9. The molecule has 0 fully saturated rings. The van der Waals surface area contributed by atoms with Crippen LogP contribution in [0.4, 0.5) is 5.69 Å². The Hall–Kier alpha value is -3.30. The zero-order valence-electron chi connectivity index (χ0n) is 16.2. The van der Waals surface area contributed by atoms with Crippen LogP contribution in [0.5, 0.6) is 11.5 Å². The molecule has 0 atom stereocenters. The third kappa shape index (κ3) is 4.00. The van der Waals surface area contributed by atoms with Crippen molar-refractivity contribution >= 4 is 22.6 Å². The number of methoxy groups -OCH3 is 2. The van der Waals surface area contributed by atoms with E-state index in [4.69, 9.17) is 9.47 Å². The lowest BCUT2D eigenvalue weighted by molar-refractivity contribution is 0.355. The Bertz CT molecular complexity index is 1060. The molecule has 3 rings (SSSR count). The van der Waals surface area contributed by atoms with Crippen molar-refractivity contribution in [2.75, 3.05) is 19.5 Å². The first kappa shape index (κ1) is 19.5. The molecule has 0 amide bonds. The highest BCUT2D eigenvalue weighted by Gasteiger charge is 2.12. The quantitative estimate of drug-likeness (QED) is 0.568. The molecule has 3 aromatic rings. The fourth-order valence-corrected chi connectivity index (χ4v) is 3.52. The first-order valence-corrected chi connectivity index (χ1v) is 9.56. The fraction of sp³-hybridized carbons (Fsp3) is 0.182. The number of rotatable bonds is 6. The van der Waals surface area contributed by atoms with Gasteiger partial charge in [0.05, 0.1) is 19.9 Å². The van der Waals surface area contributed by atoms with E-state index in [1.165, 1.54) is 16.9 Å². The molecule has 142 valence electrons. The number of thiazole rings is 1. The van der Waals surface area contributed by atoms with Gasteiger partial charge in [-0.15, -0.1) is 11.3 Å². The van der Waals surface area contributed by atoms with E-state index in [2.05, 4.69) is 36.3 Å². The predicted octanol–water partition coefficient (Wildman–Crippen LogP) is 5.42. The predicted molar refractivity (Wildman–Crippen MR) is 114 cm³/mol. The molecule has 6 heteroatoms. The van der Waals surface area contributed by atoms with Crippen LogP contribution in [0.1, 0.15) is 16.1 Å². The Balaban J connectivity index is 1.87. The molecular weight excluding hydrogens is 370 g/mol. The van der Waals surface area contributed by atoms with Gasteiger partial charge in [-0.25, -0.2) is 4.98 Å². The van der Waals surface area contributed by atoms with Crippen LogP contribution in [0.25, 0.3) is 16.8 Å². The summed E-state index contributed by atoms with van der Waals surface area (Å²) in [6.45, 7) is 4.11. The standard InChI is InChI=1S/C22H21N3O2S/c1-14-6-5-7-18(15(14)2)24-12-17(11-23)22-25-19(13-28-22)16-8-9-20(26-3)21(10-16)27-4/h5-10,12-13,24H,1-4H3. The number of ether oxygens (including phenoxy) is 2. The highest BCUT2D eigenvalue weighted by atomic mass is 32.1. The van der Waals surface area contributed by atoms with Crippen molar-refractivity contribution in [3.63, 3.8) is 0 Å². The molecule has 0 unspecified atom stereocenters. The molecule has 0 spiro atoms. The number of nitriles is 1. The van der Waals surface area contributed by atoms with E-state index in [0.717, 1.165) is 22.5 Å². The highest BCUT2D eigenvalue weighted by Crippen LogP contribution is 2.33. The lowest BCUT2D eigenvalue weighted by Gasteiger charge is -2.08. The van der Waals surface area contributed by atoms with Crippen molar-refractivity contribution < 1.29 is 9.47 Å². The monoisotopic (exact) mass is 391 g/mol. The van der Waals surface area contributed by atoms with Crippen LogP contribution < -0.4 is 14.8 Å². The normalized spacial score (nSPS) is 11.0. The minimum atomic E-state index is 0.484. The number of allylic oxidation sites excluding steroid dienone is 1. The molecule has 28 heavy (non-hydrogen) atoms. The van der Waals surface area contributed by atoms with E-state index >= 15 is 0 Å². The SMILES string of the molecule is COc1ccc(-c2csc(C(C#N)=CNc3cccc(C)c3C)n2)cc1OC. The highest BCUT2D eigenvalue weighted by molar-refractivity contribution is 7.11. The van der Waals surface area contributed by atoms with Gasteiger partial charge < -0.3 is 14.8 Å². The number of hydrogen-bond donors (Lipinski definition) is 1. The van der Waals surface area contributed by atoms with Crippen LogP contribution in [0.3, 0.4) is 0 Å². The van der Waals surface area contributed by atoms with Crippen molar-refractivity contribution in [2.24, 2.45) is 0 Å². The smallest absolute Gasteiger partial charge is 0.161 e. The average Bonchev–Trinajstić information content (AvgIpc) is 3.21. The summed E-state index contributed by atoms with van der Waals surface area (Å²) >= 11 is 1.43. The van der Waals surface area contributed by atoms with E-state index in [1.807, 2.05) is 35.7 Å². The second kappa shape index (κ2) is 8.59. The molecule has 1 aromatic heterocycles. The number of aromatic nitrogens is 1. The van der Waals surface area contributed by atoms with Gasteiger partial charge >= 0.3 is 0 Å². The maximum Gasteiger partial charge on any atom is 0.161 e. The summed E-state index contributed by atoms with van der Waals surface area (Å²) in [4.78, 5) is 4.63. The third-order valence-corrected chi connectivity index (χ3v) is 5.39. The molecule has 0 saturated heterocycles. The summed E-state index contributed by atoms with van der Waals surface area (Å²) in [7, 11) is 3.20. The molecule has 0 aliphatic rings. The number of nitrogens with one attached hydrogen (secondary N) is 1. The van der Waals surface area contributed by atoms with Gasteiger partial charge in [0, 0.05) is 22.8 Å². The summed E-state index contributed by atoms with van der Waals surface area (Å²) < 4.78 is 10.6. The van der Waals surface area contributed by atoms with Crippen molar-refractivity contribution in [3.05, 3.63) is 64.1 Å². The van der Waals surface area contributed by atoms with Crippen molar-refractivity contribution in [1.29, 1.82) is 5.26 Å². The minimum Gasteiger partial charge on any atom is -0.493 e. The first-order valence-electron chi connectivity index (χ1n) is 8.68. The molecular formula is C22H21N3O2S. The van der Waals surface area contributed by atoms with Crippen LogP contribution in [0, 0.1) is 25.2 Å². The third-order valence-electron chi connectivity index (χ3n) is 4.51. The van der Waals surface area contributed by atoms with E-state index < -0.39 is 0 Å². The Morgan fingerprint density at radius 2 is 1.93 bits per heavy atom. The summed E-state index contributed by atoms with van der Waals surface area (Å²) in [5.74, 6) is 1.30. The minimum absolute atomic E-state index is 0.484. The maximum atomic E-state index is 9.58. The molecule has 0 aliphatic carbocycles. The second-order valence-electron chi connectivity index (χ2n) is 6.17. The average molecular weight is 391 g/mol. The van der Waals surface area contributed by atoms with E-state index in [-0.39, 0.29) is 0 Å². The number of anilines is 1. The molecule has 1 N–H and O–H groups in total. The zero-order chi connectivity index (χ0) is 20.1. The van der Waals surface area contributed by atoms with Gasteiger partial charge in [0.25, 0.3) is 0 Å². The van der Waals surface area contributed by atoms with Gasteiger partial charge in [-0.1, -0.05) is 12.1 Å². The molecule has 0 bridgehead atoms. The van der Waals surface area contributed by atoms with Crippen LogP contribution >= 0.6 is 11.3 Å². The van der Waals surface area contributed by atoms with Gasteiger partial charge in [-0.2, -0.15) is 5.26 Å². The largest absolute Gasteiger partial charge is 0.493 e. The van der Waals surface area contributed by atoms with E-state index in [1.54, 1.807) is 20.4 Å². The van der Waals surface area contributed by atoms with Gasteiger partial charge in [0.15, 0.2) is 11.5 Å². The van der Waals surface area contributed by atoms with Gasteiger partial charge in [-0.3, -0.25) is 0 Å². The summed E-state index contributed by atoms with van der Waals surface area (Å²) in [5.41, 5.74) is 5.50. The number of benzene rings is 2. The molecule has 5 nitrogen and oxygen atoms in total. The lowest BCUT2D eigenvalue weighted by Crippen LogP contribution is -1.95. The number of nitrogens with zero attached hydrogens (tertiary/aromatic N) is 2. The number of hydrogen-bond acceptors (Lipinski definition) is 6. The lowest BCUT2D eigenvalue weighted by atomic mass is 10.1. The maximum absolute atomic E-state index is 9.58. The van der Waals surface area contributed by atoms with Crippen molar-refractivity contribution in [3.8, 4) is 28.8 Å². The van der Waals surface area contributed by atoms with Gasteiger partial charge in [-0.05, 0) is 49.2 Å². The van der Waals surface area contributed by atoms with Crippen LogP contribution in [-0.4, -0.2) is 19.2 Å². The Morgan fingerprint density at radius 1 is 1.14 bits per heavy atom. The number of aryl methyl sites for hydroxylation is 1. The topological polar surface area (TPSA) is 67.2 Å². The molecule has 2 aromatic carbocycles. The zero-order valence-corrected chi connectivity index (χ0v) is 17.1. The molecule has 0 saturated carbocycles. The summed E-state index contributed by atoms with van der Waals surface area (Å²) in [6.07, 6.45) is 1.71. The summed E-state index contributed by atoms with van der Waals surface area (Å²) in [5, 5.41) is 15.4. The van der Waals surface area contributed by atoms with Crippen LogP contribution in [0.2, 0.25) is 0 Å². The second-order valence-corrected chi connectivity index (χ2v) is 7.03. The Labute approximate surface area is 168 Å². The van der Waals surface area contributed by atoms with E-state index in [0.29, 0.717) is 22.1 Å². The van der Waals surface area contributed by atoms with Crippen molar-refractivity contribution in [1.82, 2.24) is 4.98 Å². The Morgan fingerprint density at radius 3 is 2.64 bits per heavy atom. The van der Waals surface area contributed by atoms with E-state index in [9.17, 15) is 5.26 Å².